The molecular formula is C18H19FO3S. The second kappa shape index (κ2) is 5.73. The van der Waals surface area contributed by atoms with E-state index in [9.17, 15) is 8.60 Å². The number of ether oxygens (including phenoxy) is 2. The van der Waals surface area contributed by atoms with Crippen LogP contribution >= 0.6 is 0 Å². The summed E-state index contributed by atoms with van der Waals surface area (Å²) in [6, 6.07) is 13.5. The zero-order chi connectivity index (χ0) is 16.7. The average molecular weight is 334 g/mol. The largest absolute Gasteiger partial charge is 0.484 e. The van der Waals surface area contributed by atoms with Gasteiger partial charge in [0.2, 0.25) is 0 Å². The number of halogens is 1. The van der Waals surface area contributed by atoms with Crippen molar-refractivity contribution in [3.63, 3.8) is 0 Å². The summed E-state index contributed by atoms with van der Waals surface area (Å²) in [4.78, 5) is 0.756. The third-order valence-electron chi connectivity index (χ3n) is 4.24. The van der Waals surface area contributed by atoms with Crippen LogP contribution in [0.25, 0.3) is 0 Å². The van der Waals surface area contributed by atoms with Crippen LogP contribution in [0.5, 0.6) is 5.75 Å². The van der Waals surface area contributed by atoms with Crippen molar-refractivity contribution < 1.29 is 18.1 Å². The highest BCUT2D eigenvalue weighted by atomic mass is 32.2. The Kier molecular flexibility index (Phi) is 4.02. The average Bonchev–Trinajstić information content (AvgIpc) is 3.30. The quantitative estimate of drug-likeness (QED) is 0.784. The van der Waals surface area contributed by atoms with Gasteiger partial charge in [-0.05, 0) is 55.8 Å². The zero-order valence-corrected chi connectivity index (χ0v) is 14.2. The lowest BCUT2D eigenvalue weighted by Gasteiger charge is -2.33. The van der Waals surface area contributed by atoms with E-state index >= 15 is 0 Å². The summed E-state index contributed by atoms with van der Waals surface area (Å²) in [5.41, 5.74) is -0.305. The lowest BCUT2D eigenvalue weighted by atomic mass is 9.84. The smallest absolute Gasteiger partial charge is 0.155 e. The van der Waals surface area contributed by atoms with Gasteiger partial charge >= 0.3 is 0 Å². The number of hydrogen-bond donors (Lipinski definition) is 0. The van der Waals surface area contributed by atoms with Crippen LogP contribution in [0, 0.1) is 5.82 Å². The molecule has 0 radical (unpaired) electrons. The van der Waals surface area contributed by atoms with Crippen LogP contribution < -0.4 is 4.74 Å². The van der Waals surface area contributed by atoms with Crippen molar-refractivity contribution in [3.05, 3.63) is 59.9 Å². The Morgan fingerprint density at radius 3 is 2.17 bits per heavy atom. The highest BCUT2D eigenvalue weighted by Gasteiger charge is 2.60. The topological polar surface area (TPSA) is 38.8 Å². The van der Waals surface area contributed by atoms with Gasteiger partial charge in [-0.25, -0.2) is 4.39 Å². The monoisotopic (exact) mass is 334 g/mol. The molecule has 23 heavy (non-hydrogen) atoms. The first-order valence-electron chi connectivity index (χ1n) is 7.37. The summed E-state index contributed by atoms with van der Waals surface area (Å²) in [5, 5.41) is 0. The van der Waals surface area contributed by atoms with Crippen LogP contribution in [0.4, 0.5) is 4.39 Å². The van der Waals surface area contributed by atoms with Gasteiger partial charge in [-0.1, -0.05) is 12.1 Å². The summed E-state index contributed by atoms with van der Waals surface area (Å²) >= 11 is 0. The second-order valence-corrected chi connectivity index (χ2v) is 7.54. The molecule has 1 heterocycles. The van der Waals surface area contributed by atoms with Gasteiger partial charge in [0.05, 0.1) is 6.61 Å². The van der Waals surface area contributed by atoms with Crippen molar-refractivity contribution in [2.24, 2.45) is 0 Å². The van der Waals surface area contributed by atoms with E-state index in [1.807, 2.05) is 13.8 Å². The maximum atomic E-state index is 13.1. The Balaban J connectivity index is 1.83. The molecule has 3 nitrogen and oxygen atoms in total. The predicted molar refractivity (Wildman–Crippen MR) is 87.5 cm³/mol. The minimum Gasteiger partial charge on any atom is -0.484 e. The maximum absolute atomic E-state index is 13.1. The molecule has 122 valence electrons. The van der Waals surface area contributed by atoms with Gasteiger partial charge in [0.15, 0.2) is 5.60 Å². The third kappa shape index (κ3) is 3.03. The van der Waals surface area contributed by atoms with Crippen LogP contribution in [-0.4, -0.2) is 22.7 Å². The minimum absolute atomic E-state index is 0.272. The van der Waals surface area contributed by atoms with Crippen LogP contribution in [0.3, 0.4) is 0 Å². The molecule has 1 aliphatic heterocycles. The normalized spacial score (nSPS) is 21.7. The summed E-state index contributed by atoms with van der Waals surface area (Å²) in [6.45, 7) is 4.44. The van der Waals surface area contributed by atoms with Gasteiger partial charge in [-0.15, -0.1) is 0 Å². The fourth-order valence-electron chi connectivity index (χ4n) is 2.73. The lowest BCUT2D eigenvalue weighted by Crippen LogP contribution is -2.43. The van der Waals surface area contributed by atoms with E-state index in [1.165, 1.54) is 12.1 Å². The van der Waals surface area contributed by atoms with Gasteiger partial charge in [0.25, 0.3) is 0 Å². The molecule has 2 atom stereocenters. The first kappa shape index (κ1) is 16.1. The molecule has 2 aromatic rings. The van der Waals surface area contributed by atoms with E-state index in [4.69, 9.17) is 9.47 Å². The van der Waals surface area contributed by atoms with Crippen molar-refractivity contribution in [1.29, 1.82) is 0 Å². The highest BCUT2D eigenvalue weighted by molar-refractivity contribution is 7.84. The number of benzene rings is 2. The van der Waals surface area contributed by atoms with Gasteiger partial charge < -0.3 is 9.47 Å². The third-order valence-corrected chi connectivity index (χ3v) is 5.18. The molecule has 0 aliphatic carbocycles. The molecule has 0 N–H and O–H groups in total. The SMILES string of the molecule is CS(=O)c1ccc(OC(C)(C)C2(c3ccc(F)cc3)CO2)cc1. The van der Waals surface area contributed by atoms with Crippen molar-refractivity contribution in [2.75, 3.05) is 12.9 Å². The van der Waals surface area contributed by atoms with Crippen LogP contribution in [0.15, 0.2) is 53.4 Å². The fraction of sp³-hybridized carbons (Fsp3) is 0.333. The van der Waals surface area contributed by atoms with Crippen molar-refractivity contribution in [3.8, 4) is 5.75 Å². The fourth-order valence-corrected chi connectivity index (χ4v) is 3.25. The first-order chi connectivity index (χ1) is 10.8. The predicted octanol–water partition coefficient (Wildman–Crippen LogP) is 3.65. The molecule has 1 saturated heterocycles. The molecule has 3 rings (SSSR count). The second-order valence-electron chi connectivity index (χ2n) is 6.16. The van der Waals surface area contributed by atoms with E-state index in [2.05, 4.69) is 0 Å². The van der Waals surface area contributed by atoms with Crippen LogP contribution in [0.1, 0.15) is 19.4 Å². The lowest BCUT2D eigenvalue weighted by molar-refractivity contribution is 0.0153. The molecule has 5 heteroatoms. The summed E-state index contributed by atoms with van der Waals surface area (Å²) in [6.07, 6.45) is 1.64. The highest BCUT2D eigenvalue weighted by Crippen LogP contribution is 2.49. The molecule has 0 amide bonds. The number of epoxide rings is 1. The van der Waals surface area contributed by atoms with E-state index in [0.29, 0.717) is 12.4 Å². The Morgan fingerprint density at radius 2 is 1.70 bits per heavy atom. The standard InChI is InChI=1S/C18H19FO3S/c1-17(2,22-15-8-10-16(11-9-15)23(3)20)18(12-21-18)13-4-6-14(19)7-5-13/h4-11H,12H2,1-3H3. The van der Waals surface area contributed by atoms with E-state index in [1.54, 1.807) is 42.7 Å². The molecule has 0 saturated carbocycles. The number of rotatable bonds is 5. The summed E-state index contributed by atoms with van der Waals surface area (Å²) in [5.74, 6) is 0.410. The molecule has 1 aliphatic rings. The van der Waals surface area contributed by atoms with Crippen LogP contribution in [0.2, 0.25) is 0 Å². The molecule has 0 spiro atoms. The minimum atomic E-state index is -1.01. The summed E-state index contributed by atoms with van der Waals surface area (Å²) < 4.78 is 36.4. The van der Waals surface area contributed by atoms with Crippen LogP contribution in [-0.2, 0) is 21.1 Å². The van der Waals surface area contributed by atoms with Crippen molar-refractivity contribution >= 4 is 10.8 Å². The van der Waals surface area contributed by atoms with Gasteiger partial charge in [-0.2, -0.15) is 0 Å². The Hall–Kier alpha value is -1.72. The molecule has 2 aromatic carbocycles. The van der Waals surface area contributed by atoms with Gasteiger partial charge in [-0.3, -0.25) is 4.21 Å². The van der Waals surface area contributed by atoms with Gasteiger partial charge in [0.1, 0.15) is 17.2 Å². The van der Waals surface area contributed by atoms with Crippen molar-refractivity contribution in [2.45, 2.75) is 29.9 Å². The Bertz CT molecular complexity index is 719. The van der Waals surface area contributed by atoms with E-state index in [-0.39, 0.29) is 5.82 Å². The molecule has 0 bridgehead atoms. The van der Waals surface area contributed by atoms with E-state index in [0.717, 1.165) is 10.5 Å². The summed E-state index contributed by atoms with van der Waals surface area (Å²) in [7, 11) is -1.01. The number of hydrogen-bond acceptors (Lipinski definition) is 3. The van der Waals surface area contributed by atoms with Crippen molar-refractivity contribution in [1.82, 2.24) is 0 Å². The first-order valence-corrected chi connectivity index (χ1v) is 8.92. The Labute approximate surface area is 137 Å². The Morgan fingerprint density at radius 1 is 1.13 bits per heavy atom. The molecule has 0 aromatic heterocycles. The maximum Gasteiger partial charge on any atom is 0.155 e. The molecule has 2 unspecified atom stereocenters. The zero-order valence-electron chi connectivity index (χ0n) is 13.3. The van der Waals surface area contributed by atoms with Gasteiger partial charge in [0, 0.05) is 22.0 Å². The molecule has 1 fully saturated rings. The van der Waals surface area contributed by atoms with E-state index < -0.39 is 22.0 Å². The molecular weight excluding hydrogens is 315 g/mol.